The molecule has 1 aromatic heterocycles. The van der Waals surface area contributed by atoms with E-state index in [0.29, 0.717) is 18.3 Å². The molecule has 21 heavy (non-hydrogen) atoms. The maximum absolute atomic E-state index is 10.0. The lowest BCUT2D eigenvalue weighted by atomic mass is 9.79. The zero-order chi connectivity index (χ0) is 15.0. The lowest BCUT2D eigenvalue weighted by Crippen LogP contribution is -2.51. The number of aromatic nitrogens is 2. The molecular formula is C15H26N4O2. The molecule has 0 saturated carbocycles. The summed E-state index contributed by atoms with van der Waals surface area (Å²) in [6.07, 6.45) is 4.40. The van der Waals surface area contributed by atoms with Crippen LogP contribution in [0.25, 0.3) is 0 Å². The predicted octanol–water partition coefficient (Wildman–Crippen LogP) is -0.161. The highest BCUT2D eigenvalue weighted by atomic mass is 16.3. The van der Waals surface area contributed by atoms with Crippen molar-refractivity contribution >= 4 is 0 Å². The van der Waals surface area contributed by atoms with Gasteiger partial charge >= 0.3 is 0 Å². The fourth-order valence-electron chi connectivity index (χ4n) is 4.33. The SMILES string of the molecule is CCn1cncc1[C@H]1N[C@](CO)(CCO)[C@H]2CN(C)C[C@@H]12. The maximum Gasteiger partial charge on any atom is 0.0948 e. The number of fused-ring (bicyclic) bond motifs is 1. The van der Waals surface area contributed by atoms with E-state index in [4.69, 9.17) is 0 Å². The molecule has 2 fully saturated rings. The van der Waals surface area contributed by atoms with Crippen LogP contribution in [-0.2, 0) is 6.54 Å². The number of nitrogens with zero attached hydrogens (tertiary/aromatic N) is 3. The lowest BCUT2D eigenvalue weighted by Gasteiger charge is -2.33. The van der Waals surface area contributed by atoms with Crippen LogP contribution in [0, 0.1) is 11.8 Å². The first kappa shape index (κ1) is 15.0. The van der Waals surface area contributed by atoms with Crippen molar-refractivity contribution in [3.05, 3.63) is 18.2 Å². The number of aliphatic hydroxyl groups excluding tert-OH is 2. The van der Waals surface area contributed by atoms with Crippen LogP contribution in [0.2, 0.25) is 0 Å². The summed E-state index contributed by atoms with van der Waals surface area (Å²) in [4.78, 5) is 6.62. The molecule has 0 bridgehead atoms. The van der Waals surface area contributed by atoms with Crippen LogP contribution in [0.5, 0.6) is 0 Å². The Morgan fingerprint density at radius 3 is 2.90 bits per heavy atom. The number of imidazole rings is 1. The predicted molar refractivity (Wildman–Crippen MR) is 79.8 cm³/mol. The lowest BCUT2D eigenvalue weighted by molar-refractivity contribution is 0.0991. The zero-order valence-electron chi connectivity index (χ0n) is 12.9. The van der Waals surface area contributed by atoms with E-state index in [2.05, 4.69) is 33.7 Å². The van der Waals surface area contributed by atoms with E-state index in [0.717, 1.165) is 19.6 Å². The Morgan fingerprint density at radius 1 is 1.43 bits per heavy atom. The number of rotatable bonds is 5. The van der Waals surface area contributed by atoms with Crippen LogP contribution in [0.4, 0.5) is 0 Å². The van der Waals surface area contributed by atoms with E-state index in [1.54, 1.807) is 0 Å². The van der Waals surface area contributed by atoms with Crippen molar-refractivity contribution in [2.45, 2.75) is 31.5 Å². The van der Waals surface area contributed by atoms with Crippen LogP contribution >= 0.6 is 0 Å². The molecule has 118 valence electrons. The van der Waals surface area contributed by atoms with E-state index in [-0.39, 0.29) is 24.8 Å². The van der Waals surface area contributed by atoms with E-state index in [1.807, 2.05) is 12.5 Å². The molecule has 0 spiro atoms. The van der Waals surface area contributed by atoms with E-state index < -0.39 is 0 Å². The molecule has 3 rings (SSSR count). The topological polar surface area (TPSA) is 73.5 Å². The van der Waals surface area contributed by atoms with Gasteiger partial charge in [0.1, 0.15) is 0 Å². The van der Waals surface area contributed by atoms with Gasteiger partial charge in [0, 0.05) is 38.0 Å². The van der Waals surface area contributed by atoms with Crippen LogP contribution in [0.1, 0.15) is 25.1 Å². The fourth-order valence-corrected chi connectivity index (χ4v) is 4.33. The molecule has 4 atom stereocenters. The second-order valence-corrected chi connectivity index (χ2v) is 6.51. The average Bonchev–Trinajstić information content (AvgIpc) is 3.14. The Morgan fingerprint density at radius 2 is 2.24 bits per heavy atom. The second kappa shape index (κ2) is 5.68. The summed E-state index contributed by atoms with van der Waals surface area (Å²) in [5.74, 6) is 0.820. The van der Waals surface area contributed by atoms with Gasteiger partial charge in [0.25, 0.3) is 0 Å². The Hall–Kier alpha value is -0.950. The highest BCUT2D eigenvalue weighted by molar-refractivity contribution is 5.19. The number of aryl methyl sites for hydroxylation is 1. The highest BCUT2D eigenvalue weighted by Crippen LogP contribution is 2.47. The summed E-state index contributed by atoms with van der Waals surface area (Å²) < 4.78 is 2.17. The summed E-state index contributed by atoms with van der Waals surface area (Å²) in [5, 5.41) is 23.1. The average molecular weight is 294 g/mol. The zero-order valence-corrected chi connectivity index (χ0v) is 12.9. The third-order valence-corrected chi connectivity index (χ3v) is 5.37. The van der Waals surface area contributed by atoms with Crippen LogP contribution < -0.4 is 5.32 Å². The summed E-state index contributed by atoms with van der Waals surface area (Å²) >= 11 is 0. The molecule has 0 unspecified atom stereocenters. The standard InChI is InChI=1S/C15H26N4O2/c1-3-19-10-16-6-13(19)14-11-7-18(2)8-12(11)15(9-21,17-14)4-5-20/h6,10-12,14,17,20-21H,3-5,7-9H2,1-2H3/t11-,12+,14+,15+/m1/s1. The molecule has 0 aromatic carbocycles. The maximum atomic E-state index is 10.0. The van der Waals surface area contributed by atoms with Crippen molar-refractivity contribution in [3.63, 3.8) is 0 Å². The molecular weight excluding hydrogens is 268 g/mol. The van der Waals surface area contributed by atoms with Gasteiger partial charge in [-0.15, -0.1) is 0 Å². The van der Waals surface area contributed by atoms with Crippen LogP contribution in [0.15, 0.2) is 12.5 Å². The smallest absolute Gasteiger partial charge is 0.0948 e. The van der Waals surface area contributed by atoms with Crippen molar-refractivity contribution in [2.75, 3.05) is 33.4 Å². The van der Waals surface area contributed by atoms with Gasteiger partial charge in [-0.2, -0.15) is 0 Å². The number of nitrogens with one attached hydrogen (secondary N) is 1. The Kier molecular flexibility index (Phi) is 4.05. The first-order valence-corrected chi connectivity index (χ1v) is 7.83. The van der Waals surface area contributed by atoms with Crippen molar-refractivity contribution in [2.24, 2.45) is 11.8 Å². The molecule has 3 N–H and O–H groups in total. The minimum absolute atomic E-state index is 0.0688. The molecule has 1 aromatic rings. The van der Waals surface area contributed by atoms with E-state index in [9.17, 15) is 10.2 Å². The highest BCUT2D eigenvalue weighted by Gasteiger charge is 2.56. The Balaban J connectivity index is 1.95. The van der Waals surface area contributed by atoms with Crippen molar-refractivity contribution in [1.82, 2.24) is 19.8 Å². The fraction of sp³-hybridized carbons (Fsp3) is 0.800. The number of hydrogen-bond acceptors (Lipinski definition) is 5. The van der Waals surface area contributed by atoms with Gasteiger partial charge in [-0.05, 0) is 32.2 Å². The van der Waals surface area contributed by atoms with Gasteiger partial charge in [-0.1, -0.05) is 0 Å². The van der Waals surface area contributed by atoms with E-state index >= 15 is 0 Å². The quantitative estimate of drug-likeness (QED) is 0.704. The largest absolute Gasteiger partial charge is 0.396 e. The Bertz CT molecular complexity index is 492. The normalized spacial score (nSPS) is 36.3. The molecule has 2 saturated heterocycles. The van der Waals surface area contributed by atoms with Crippen LogP contribution in [-0.4, -0.2) is 63.6 Å². The second-order valence-electron chi connectivity index (χ2n) is 6.51. The van der Waals surface area contributed by atoms with E-state index in [1.165, 1.54) is 5.69 Å². The van der Waals surface area contributed by atoms with Gasteiger partial charge < -0.3 is 25.0 Å². The molecule has 0 amide bonds. The first-order chi connectivity index (χ1) is 10.1. The van der Waals surface area contributed by atoms with Crippen molar-refractivity contribution in [3.8, 4) is 0 Å². The molecule has 6 heteroatoms. The summed E-state index contributed by atoms with van der Waals surface area (Å²) in [7, 11) is 2.13. The van der Waals surface area contributed by atoms with Crippen molar-refractivity contribution < 1.29 is 10.2 Å². The molecule has 0 aliphatic carbocycles. The minimum atomic E-state index is -0.377. The van der Waals surface area contributed by atoms with Gasteiger partial charge in [-0.3, -0.25) is 0 Å². The molecule has 6 nitrogen and oxygen atoms in total. The summed E-state index contributed by atoms with van der Waals surface area (Å²) in [6, 6.07) is 0.195. The van der Waals surface area contributed by atoms with Gasteiger partial charge in [0.2, 0.25) is 0 Å². The van der Waals surface area contributed by atoms with Gasteiger partial charge in [-0.25, -0.2) is 4.98 Å². The summed E-state index contributed by atoms with van der Waals surface area (Å²) in [6.45, 7) is 5.16. The molecule has 0 radical (unpaired) electrons. The number of aliphatic hydroxyl groups is 2. The van der Waals surface area contributed by atoms with Crippen LogP contribution in [0.3, 0.4) is 0 Å². The first-order valence-electron chi connectivity index (χ1n) is 7.83. The Labute approximate surface area is 125 Å². The number of hydrogen-bond donors (Lipinski definition) is 3. The molecule has 3 heterocycles. The van der Waals surface area contributed by atoms with Gasteiger partial charge in [0.05, 0.1) is 24.7 Å². The third kappa shape index (κ3) is 2.30. The minimum Gasteiger partial charge on any atom is -0.396 e. The monoisotopic (exact) mass is 294 g/mol. The molecule has 2 aliphatic heterocycles. The van der Waals surface area contributed by atoms with Gasteiger partial charge in [0.15, 0.2) is 0 Å². The summed E-state index contributed by atoms with van der Waals surface area (Å²) in [5.41, 5.74) is 0.814. The third-order valence-electron chi connectivity index (χ3n) is 5.37. The number of likely N-dealkylation sites (tertiary alicyclic amines) is 1. The van der Waals surface area contributed by atoms with Crippen molar-refractivity contribution in [1.29, 1.82) is 0 Å². The molecule has 2 aliphatic rings.